The summed E-state index contributed by atoms with van der Waals surface area (Å²) in [6.45, 7) is 2.19. The molecule has 0 fully saturated rings. The number of fused-ring (bicyclic) bond motifs is 2. The summed E-state index contributed by atoms with van der Waals surface area (Å²) in [4.78, 5) is 17.5. The van der Waals surface area contributed by atoms with Gasteiger partial charge in [-0.1, -0.05) is 0 Å². The highest BCUT2D eigenvalue weighted by atomic mass is 16.1. The molecule has 3 nitrogen and oxygen atoms in total. The summed E-state index contributed by atoms with van der Waals surface area (Å²) >= 11 is 0. The van der Waals surface area contributed by atoms with Crippen molar-refractivity contribution in [2.24, 2.45) is 0 Å². The van der Waals surface area contributed by atoms with E-state index in [4.69, 9.17) is 0 Å². The van der Waals surface area contributed by atoms with Gasteiger partial charge in [0, 0.05) is 49.7 Å². The van der Waals surface area contributed by atoms with Gasteiger partial charge < -0.3 is 9.80 Å². The monoisotopic (exact) mass is 320 g/mol. The molecule has 2 aromatic rings. The molecule has 0 aliphatic carbocycles. The third-order valence-electron chi connectivity index (χ3n) is 5.39. The van der Waals surface area contributed by atoms with Gasteiger partial charge in [0.1, 0.15) is 0 Å². The molecule has 0 spiro atoms. The number of hydrogen-bond acceptors (Lipinski definition) is 3. The molecule has 2 aliphatic heterocycles. The number of nitrogens with zero attached hydrogens (tertiary/aromatic N) is 2. The molecule has 0 radical (unpaired) electrons. The van der Waals surface area contributed by atoms with Gasteiger partial charge in [-0.15, -0.1) is 0 Å². The third-order valence-corrected chi connectivity index (χ3v) is 5.39. The van der Waals surface area contributed by atoms with E-state index in [0.717, 1.165) is 49.9 Å². The first-order valence-corrected chi connectivity index (χ1v) is 8.86. The molecule has 2 aromatic carbocycles. The second-order valence-electron chi connectivity index (χ2n) is 7.07. The molecule has 0 saturated carbocycles. The van der Waals surface area contributed by atoms with Crippen molar-refractivity contribution in [3.63, 3.8) is 0 Å². The van der Waals surface area contributed by atoms with Crippen molar-refractivity contribution in [3.8, 4) is 0 Å². The van der Waals surface area contributed by atoms with Gasteiger partial charge in [-0.25, -0.2) is 0 Å². The van der Waals surface area contributed by atoms with Crippen LogP contribution in [0.3, 0.4) is 0 Å². The number of rotatable bonds is 2. The largest absolute Gasteiger partial charge is 0.374 e. The van der Waals surface area contributed by atoms with Crippen LogP contribution in [-0.2, 0) is 12.8 Å². The van der Waals surface area contributed by atoms with Gasteiger partial charge in [0.25, 0.3) is 0 Å². The zero-order valence-electron chi connectivity index (χ0n) is 14.5. The molecule has 2 aliphatic rings. The Morgan fingerprint density at radius 2 is 1.25 bits per heavy atom. The number of hydrogen-bond donors (Lipinski definition) is 0. The van der Waals surface area contributed by atoms with Crippen LogP contribution in [0.15, 0.2) is 36.4 Å². The second kappa shape index (κ2) is 5.97. The maximum atomic E-state index is 13.0. The molecule has 0 amide bonds. The van der Waals surface area contributed by atoms with Crippen LogP contribution in [0.5, 0.6) is 0 Å². The Labute approximate surface area is 143 Å². The summed E-state index contributed by atoms with van der Waals surface area (Å²) in [7, 11) is 4.25. The predicted molar refractivity (Wildman–Crippen MR) is 99.5 cm³/mol. The lowest BCUT2D eigenvalue weighted by Crippen LogP contribution is -2.25. The minimum Gasteiger partial charge on any atom is -0.374 e. The van der Waals surface area contributed by atoms with Crippen LogP contribution in [0, 0.1) is 0 Å². The average molecular weight is 320 g/mol. The first-order valence-electron chi connectivity index (χ1n) is 8.86. The summed E-state index contributed by atoms with van der Waals surface area (Å²) in [6, 6.07) is 12.4. The molecule has 0 bridgehead atoms. The molecule has 3 heteroatoms. The van der Waals surface area contributed by atoms with E-state index < -0.39 is 0 Å². The SMILES string of the molecule is CN1CCCc2cc(C(=O)c3ccc4c(c3)CCCN4C)ccc21. The minimum absolute atomic E-state index is 0.141. The van der Waals surface area contributed by atoms with Gasteiger partial charge in [-0.2, -0.15) is 0 Å². The van der Waals surface area contributed by atoms with E-state index in [2.05, 4.69) is 48.2 Å². The maximum Gasteiger partial charge on any atom is 0.193 e. The van der Waals surface area contributed by atoms with Crippen molar-refractivity contribution < 1.29 is 4.79 Å². The maximum absolute atomic E-state index is 13.0. The van der Waals surface area contributed by atoms with E-state index in [-0.39, 0.29) is 5.78 Å². The Balaban J connectivity index is 1.67. The average Bonchev–Trinajstić information content (AvgIpc) is 2.61. The molecular weight excluding hydrogens is 296 g/mol. The van der Waals surface area contributed by atoms with Crippen molar-refractivity contribution in [3.05, 3.63) is 58.7 Å². The molecule has 0 atom stereocenters. The van der Waals surface area contributed by atoms with Crippen LogP contribution in [0.25, 0.3) is 0 Å². The molecule has 0 unspecified atom stereocenters. The fraction of sp³-hybridized carbons (Fsp3) is 0.381. The molecule has 0 N–H and O–H groups in total. The Kier molecular flexibility index (Phi) is 3.79. The van der Waals surface area contributed by atoms with Crippen molar-refractivity contribution >= 4 is 17.2 Å². The number of ketones is 1. The molecule has 2 heterocycles. The van der Waals surface area contributed by atoms with Gasteiger partial charge in [0.2, 0.25) is 0 Å². The zero-order valence-corrected chi connectivity index (χ0v) is 14.5. The highest BCUT2D eigenvalue weighted by Gasteiger charge is 2.19. The number of aryl methyl sites for hydroxylation is 2. The van der Waals surface area contributed by atoms with E-state index in [0.29, 0.717) is 0 Å². The van der Waals surface area contributed by atoms with Crippen molar-refractivity contribution in [1.82, 2.24) is 0 Å². The summed E-state index contributed by atoms with van der Waals surface area (Å²) in [5.41, 5.74) is 6.76. The van der Waals surface area contributed by atoms with E-state index in [1.165, 1.54) is 22.5 Å². The van der Waals surface area contributed by atoms with E-state index in [1.807, 2.05) is 12.1 Å². The van der Waals surface area contributed by atoms with E-state index >= 15 is 0 Å². The van der Waals surface area contributed by atoms with Crippen LogP contribution < -0.4 is 9.80 Å². The first kappa shape index (κ1) is 15.3. The number of carbonyl (C=O) groups is 1. The molecule has 24 heavy (non-hydrogen) atoms. The lowest BCUT2D eigenvalue weighted by atomic mass is 9.93. The van der Waals surface area contributed by atoms with Gasteiger partial charge in [-0.05, 0) is 73.2 Å². The topological polar surface area (TPSA) is 23.6 Å². The number of benzene rings is 2. The third kappa shape index (κ3) is 2.58. The van der Waals surface area contributed by atoms with E-state index in [1.54, 1.807) is 0 Å². The molecule has 124 valence electrons. The molecular formula is C21H24N2O. The highest BCUT2D eigenvalue weighted by molar-refractivity contribution is 6.09. The lowest BCUT2D eigenvalue weighted by molar-refractivity contribution is 0.103. The van der Waals surface area contributed by atoms with Crippen LogP contribution in [-0.4, -0.2) is 33.0 Å². The summed E-state index contributed by atoms with van der Waals surface area (Å²) < 4.78 is 0. The second-order valence-corrected chi connectivity index (χ2v) is 7.07. The fourth-order valence-electron chi connectivity index (χ4n) is 4.02. The van der Waals surface area contributed by atoms with Crippen molar-refractivity contribution in [2.45, 2.75) is 25.7 Å². The zero-order chi connectivity index (χ0) is 16.7. The Hall–Kier alpha value is -2.29. The van der Waals surface area contributed by atoms with Crippen LogP contribution in [0.4, 0.5) is 11.4 Å². The van der Waals surface area contributed by atoms with Crippen molar-refractivity contribution in [1.29, 1.82) is 0 Å². The number of carbonyl (C=O) groups excluding carboxylic acids is 1. The Bertz CT molecular complexity index is 731. The fourth-order valence-corrected chi connectivity index (χ4v) is 4.02. The lowest BCUT2D eigenvalue weighted by Gasteiger charge is -2.28. The smallest absolute Gasteiger partial charge is 0.193 e. The quantitative estimate of drug-likeness (QED) is 0.789. The summed E-state index contributed by atoms with van der Waals surface area (Å²) in [6.07, 6.45) is 4.45. The Morgan fingerprint density at radius 1 is 0.792 bits per heavy atom. The molecule has 0 aromatic heterocycles. The highest BCUT2D eigenvalue weighted by Crippen LogP contribution is 2.30. The minimum atomic E-state index is 0.141. The summed E-state index contributed by atoms with van der Waals surface area (Å²) in [5.74, 6) is 0.141. The summed E-state index contributed by atoms with van der Waals surface area (Å²) in [5, 5.41) is 0. The molecule has 4 rings (SSSR count). The predicted octanol–water partition coefficient (Wildman–Crippen LogP) is 3.68. The van der Waals surface area contributed by atoms with E-state index in [9.17, 15) is 4.79 Å². The standard InChI is InChI=1S/C21H24N2O/c1-22-11-3-5-15-13-17(7-9-19(15)22)21(24)18-8-10-20-16(14-18)6-4-12-23(20)2/h7-10,13-14H,3-6,11-12H2,1-2H3. The normalized spacial score (nSPS) is 16.6. The van der Waals surface area contributed by atoms with Gasteiger partial charge in [0.15, 0.2) is 5.78 Å². The Morgan fingerprint density at radius 3 is 1.71 bits per heavy atom. The number of anilines is 2. The van der Waals surface area contributed by atoms with Crippen molar-refractivity contribution in [2.75, 3.05) is 37.0 Å². The molecule has 0 saturated heterocycles. The van der Waals surface area contributed by atoms with Gasteiger partial charge >= 0.3 is 0 Å². The van der Waals surface area contributed by atoms with Gasteiger partial charge in [-0.3, -0.25) is 4.79 Å². The van der Waals surface area contributed by atoms with Crippen LogP contribution in [0.2, 0.25) is 0 Å². The van der Waals surface area contributed by atoms with Crippen LogP contribution in [0.1, 0.15) is 39.9 Å². The first-order chi connectivity index (χ1) is 11.6. The van der Waals surface area contributed by atoms with Crippen LogP contribution >= 0.6 is 0 Å². The van der Waals surface area contributed by atoms with Gasteiger partial charge in [0.05, 0.1) is 0 Å².